The second-order valence-corrected chi connectivity index (χ2v) is 10.2. The van der Waals surface area contributed by atoms with Crippen LogP contribution in [0.25, 0.3) is 22.3 Å². The first kappa shape index (κ1) is 24.6. The molecule has 1 saturated carbocycles. The summed E-state index contributed by atoms with van der Waals surface area (Å²) in [7, 11) is 2.13. The molecule has 4 aromatic rings. The highest BCUT2D eigenvalue weighted by molar-refractivity contribution is 5.94. The molecule has 2 fully saturated rings. The molecule has 1 N–H and O–H groups in total. The number of piperidine rings is 1. The summed E-state index contributed by atoms with van der Waals surface area (Å²) >= 11 is 0. The SMILES string of the molecule is CCN1CCC(N(C)c2nc(-c3ccnc(Nc4c(F)cccc4F)c3)nc3cncc(C4CC4)c23)CC1. The number of nitrogens with one attached hydrogen (secondary N) is 1. The Morgan fingerprint density at radius 1 is 1.03 bits per heavy atom. The van der Waals surface area contributed by atoms with Crippen molar-refractivity contribution in [3.05, 3.63) is 66.1 Å². The second-order valence-electron chi connectivity index (χ2n) is 10.2. The van der Waals surface area contributed by atoms with Crippen molar-refractivity contribution >= 4 is 28.2 Å². The fraction of sp³-hybridized carbons (Fsp3) is 0.379. The Balaban J connectivity index is 1.41. The van der Waals surface area contributed by atoms with Gasteiger partial charge in [-0.15, -0.1) is 0 Å². The number of nitrogens with zero attached hydrogens (tertiary/aromatic N) is 6. The van der Waals surface area contributed by atoms with Gasteiger partial charge in [-0.25, -0.2) is 23.7 Å². The number of hydrogen-bond donors (Lipinski definition) is 1. The van der Waals surface area contributed by atoms with Crippen LogP contribution in [-0.4, -0.2) is 57.6 Å². The molecule has 1 aliphatic carbocycles. The molecule has 0 amide bonds. The molecule has 1 aliphatic heterocycles. The summed E-state index contributed by atoms with van der Waals surface area (Å²) in [5.74, 6) is 0.881. The predicted molar refractivity (Wildman–Crippen MR) is 146 cm³/mol. The highest BCUT2D eigenvalue weighted by Crippen LogP contribution is 2.45. The third-order valence-corrected chi connectivity index (χ3v) is 7.75. The maximum absolute atomic E-state index is 14.2. The molecule has 4 heterocycles. The summed E-state index contributed by atoms with van der Waals surface area (Å²) in [6, 6.07) is 7.65. The monoisotopic (exact) mass is 515 g/mol. The quantitative estimate of drug-likeness (QED) is 0.328. The van der Waals surface area contributed by atoms with E-state index in [1.165, 1.54) is 23.8 Å². The fourth-order valence-electron chi connectivity index (χ4n) is 5.36. The lowest BCUT2D eigenvalue weighted by Gasteiger charge is -2.37. The van der Waals surface area contributed by atoms with E-state index < -0.39 is 11.6 Å². The molecule has 9 heteroatoms. The number of aromatic nitrogens is 4. The van der Waals surface area contributed by atoms with Crippen molar-refractivity contribution in [2.75, 3.05) is 36.9 Å². The van der Waals surface area contributed by atoms with Crippen LogP contribution < -0.4 is 10.2 Å². The summed E-state index contributed by atoms with van der Waals surface area (Å²) in [6.45, 7) is 5.43. The van der Waals surface area contributed by atoms with Crippen molar-refractivity contribution in [3.63, 3.8) is 0 Å². The highest BCUT2D eigenvalue weighted by atomic mass is 19.1. The first-order valence-electron chi connectivity index (χ1n) is 13.3. The van der Waals surface area contributed by atoms with Crippen molar-refractivity contribution in [1.29, 1.82) is 0 Å². The molecular weight excluding hydrogens is 484 g/mol. The molecule has 3 aromatic heterocycles. The topological polar surface area (TPSA) is 70.1 Å². The molecule has 0 bridgehead atoms. The van der Waals surface area contributed by atoms with Gasteiger partial charge in [0.25, 0.3) is 0 Å². The minimum atomic E-state index is -0.684. The Hall–Kier alpha value is -3.72. The largest absolute Gasteiger partial charge is 0.356 e. The molecule has 38 heavy (non-hydrogen) atoms. The molecule has 196 valence electrons. The summed E-state index contributed by atoms with van der Waals surface area (Å²) in [4.78, 5) is 23.6. The van der Waals surface area contributed by atoms with Crippen molar-refractivity contribution in [1.82, 2.24) is 24.8 Å². The van der Waals surface area contributed by atoms with Crippen molar-refractivity contribution in [3.8, 4) is 11.4 Å². The number of halogens is 2. The second kappa shape index (κ2) is 10.2. The Kier molecular flexibility index (Phi) is 6.61. The van der Waals surface area contributed by atoms with Crippen LogP contribution in [-0.2, 0) is 0 Å². The molecule has 7 nitrogen and oxygen atoms in total. The Bertz CT molecular complexity index is 1440. The lowest BCUT2D eigenvalue weighted by molar-refractivity contribution is 0.220. The number of benzene rings is 1. The predicted octanol–water partition coefficient (Wildman–Crippen LogP) is 5.91. The van der Waals surface area contributed by atoms with E-state index in [0.29, 0.717) is 29.2 Å². The van der Waals surface area contributed by atoms with Crippen molar-refractivity contribution in [2.24, 2.45) is 0 Å². The molecule has 1 saturated heterocycles. The molecule has 0 unspecified atom stereocenters. The summed E-state index contributed by atoms with van der Waals surface area (Å²) in [5, 5.41) is 3.85. The zero-order valence-electron chi connectivity index (χ0n) is 21.7. The van der Waals surface area contributed by atoms with Crippen LogP contribution in [0.1, 0.15) is 44.1 Å². The molecule has 2 aliphatic rings. The summed E-state index contributed by atoms with van der Waals surface area (Å²) in [5.41, 5.74) is 2.48. The van der Waals surface area contributed by atoms with Gasteiger partial charge in [0.1, 0.15) is 29.0 Å². The van der Waals surface area contributed by atoms with Gasteiger partial charge < -0.3 is 15.1 Å². The van der Waals surface area contributed by atoms with E-state index in [4.69, 9.17) is 9.97 Å². The molecule has 0 spiro atoms. The number of pyridine rings is 2. The molecule has 0 atom stereocenters. The van der Waals surface area contributed by atoms with E-state index in [2.05, 4.69) is 39.1 Å². The smallest absolute Gasteiger partial charge is 0.162 e. The van der Waals surface area contributed by atoms with Gasteiger partial charge in [-0.3, -0.25) is 4.98 Å². The van der Waals surface area contributed by atoms with Gasteiger partial charge in [0.05, 0.1) is 11.7 Å². The van der Waals surface area contributed by atoms with Gasteiger partial charge in [0, 0.05) is 49.5 Å². The molecule has 0 radical (unpaired) electrons. The minimum absolute atomic E-state index is 0.242. The molecule has 6 rings (SSSR count). The minimum Gasteiger partial charge on any atom is -0.356 e. The number of anilines is 3. The number of likely N-dealkylation sites (tertiary alicyclic amines) is 1. The Labute approximate surface area is 221 Å². The van der Waals surface area contributed by atoms with Crippen LogP contribution in [0, 0.1) is 11.6 Å². The van der Waals surface area contributed by atoms with Crippen LogP contribution in [0.4, 0.5) is 26.1 Å². The van der Waals surface area contributed by atoms with Gasteiger partial charge in [-0.1, -0.05) is 13.0 Å². The average Bonchev–Trinajstić information content (AvgIpc) is 3.80. The van der Waals surface area contributed by atoms with E-state index >= 15 is 0 Å². The molecule has 1 aromatic carbocycles. The van der Waals surface area contributed by atoms with Crippen molar-refractivity contribution < 1.29 is 8.78 Å². The maximum atomic E-state index is 14.2. The van der Waals surface area contributed by atoms with Crippen LogP contribution in [0.3, 0.4) is 0 Å². The summed E-state index contributed by atoms with van der Waals surface area (Å²) < 4.78 is 28.5. The summed E-state index contributed by atoms with van der Waals surface area (Å²) in [6.07, 6.45) is 9.83. The van der Waals surface area contributed by atoms with Gasteiger partial charge in [-0.05, 0) is 68.0 Å². The van der Waals surface area contributed by atoms with Gasteiger partial charge >= 0.3 is 0 Å². The zero-order chi connectivity index (χ0) is 26.2. The number of para-hydroxylation sites is 1. The average molecular weight is 516 g/mol. The third kappa shape index (κ3) is 4.78. The van der Waals surface area contributed by atoms with Crippen LogP contribution in [0.5, 0.6) is 0 Å². The maximum Gasteiger partial charge on any atom is 0.162 e. The lowest BCUT2D eigenvalue weighted by atomic mass is 10.0. The van der Waals surface area contributed by atoms with E-state index in [-0.39, 0.29) is 5.69 Å². The highest BCUT2D eigenvalue weighted by Gasteiger charge is 2.30. The number of fused-ring (bicyclic) bond motifs is 1. The Morgan fingerprint density at radius 2 is 1.79 bits per heavy atom. The lowest BCUT2D eigenvalue weighted by Crippen LogP contribution is -2.43. The van der Waals surface area contributed by atoms with Crippen LogP contribution in [0.2, 0.25) is 0 Å². The van der Waals surface area contributed by atoms with E-state index in [1.54, 1.807) is 18.5 Å². The van der Waals surface area contributed by atoms with Crippen molar-refractivity contribution in [2.45, 2.75) is 44.6 Å². The van der Waals surface area contributed by atoms with Crippen LogP contribution >= 0.6 is 0 Å². The Morgan fingerprint density at radius 3 is 2.50 bits per heavy atom. The normalized spacial score (nSPS) is 16.6. The van der Waals surface area contributed by atoms with E-state index in [1.807, 2.05) is 12.3 Å². The van der Waals surface area contributed by atoms with E-state index in [0.717, 1.165) is 62.0 Å². The third-order valence-electron chi connectivity index (χ3n) is 7.75. The first-order chi connectivity index (χ1) is 18.5. The number of hydrogen-bond acceptors (Lipinski definition) is 7. The van der Waals surface area contributed by atoms with Gasteiger partial charge in [0.2, 0.25) is 0 Å². The molecular formula is C29H31F2N7. The van der Waals surface area contributed by atoms with Gasteiger partial charge in [0.15, 0.2) is 5.82 Å². The van der Waals surface area contributed by atoms with Gasteiger partial charge in [-0.2, -0.15) is 0 Å². The van der Waals surface area contributed by atoms with Crippen LogP contribution in [0.15, 0.2) is 48.9 Å². The van der Waals surface area contributed by atoms with E-state index in [9.17, 15) is 8.78 Å². The fourth-order valence-corrected chi connectivity index (χ4v) is 5.36. The standard InChI is InChI=1S/C29H31F2N7/c1-3-38-13-10-20(11-14-38)37(2)29-26-21(18-7-8-18)16-32-17-24(26)34-28(36-29)19-9-12-33-25(15-19)35-27-22(30)5-4-6-23(27)31/h4-6,9,12,15-18,20H,3,7-8,10-11,13-14H2,1-2H3,(H,33,35). The number of rotatable bonds is 7. The zero-order valence-corrected chi connectivity index (χ0v) is 21.7. The first-order valence-corrected chi connectivity index (χ1v) is 13.3.